The topological polar surface area (TPSA) is 52.3 Å². The molecule has 1 saturated heterocycles. The maximum absolute atomic E-state index is 13.1. The van der Waals surface area contributed by atoms with E-state index in [9.17, 15) is 8.60 Å². The van der Waals surface area contributed by atoms with E-state index >= 15 is 0 Å². The van der Waals surface area contributed by atoms with Crippen LogP contribution in [-0.2, 0) is 27.8 Å². The van der Waals surface area contributed by atoms with Gasteiger partial charge in [-0.1, -0.05) is 6.07 Å². The van der Waals surface area contributed by atoms with E-state index in [-0.39, 0.29) is 23.7 Å². The fraction of sp³-hybridized carbons (Fsp3) is 0.538. The van der Waals surface area contributed by atoms with Crippen molar-refractivity contribution in [3.63, 3.8) is 0 Å². The SMILES string of the molecule is CC1OCCC1S(=O)Cc1ccc(F)cc1CN. The van der Waals surface area contributed by atoms with Gasteiger partial charge in [0.2, 0.25) is 0 Å². The van der Waals surface area contributed by atoms with Crippen molar-refractivity contribution in [2.45, 2.75) is 37.0 Å². The molecule has 3 nitrogen and oxygen atoms in total. The van der Waals surface area contributed by atoms with E-state index in [2.05, 4.69) is 0 Å². The van der Waals surface area contributed by atoms with Gasteiger partial charge >= 0.3 is 0 Å². The van der Waals surface area contributed by atoms with Gasteiger partial charge in [0.25, 0.3) is 0 Å². The van der Waals surface area contributed by atoms with Crippen LogP contribution in [0.3, 0.4) is 0 Å². The minimum absolute atomic E-state index is 0.0348. The van der Waals surface area contributed by atoms with Crippen molar-refractivity contribution in [1.82, 2.24) is 0 Å². The third kappa shape index (κ3) is 2.96. The van der Waals surface area contributed by atoms with Crippen LogP contribution >= 0.6 is 0 Å². The molecule has 1 fully saturated rings. The Labute approximate surface area is 109 Å². The van der Waals surface area contributed by atoms with Crippen LogP contribution in [0.15, 0.2) is 18.2 Å². The van der Waals surface area contributed by atoms with Gasteiger partial charge in [0.15, 0.2) is 0 Å². The first-order valence-corrected chi connectivity index (χ1v) is 7.46. The number of hydrogen-bond donors (Lipinski definition) is 1. The fourth-order valence-electron chi connectivity index (χ4n) is 2.24. The van der Waals surface area contributed by atoms with Gasteiger partial charge < -0.3 is 10.5 Å². The fourth-order valence-corrected chi connectivity index (χ4v) is 3.91. The minimum Gasteiger partial charge on any atom is -0.377 e. The Balaban J connectivity index is 2.11. The summed E-state index contributed by atoms with van der Waals surface area (Å²) < 4.78 is 30.8. The first-order chi connectivity index (χ1) is 8.61. The Morgan fingerprint density at radius 3 is 2.89 bits per heavy atom. The molecular formula is C13H18FNO2S. The van der Waals surface area contributed by atoms with E-state index in [0.717, 1.165) is 17.5 Å². The zero-order chi connectivity index (χ0) is 13.1. The van der Waals surface area contributed by atoms with Gasteiger partial charge in [0, 0.05) is 29.7 Å². The molecule has 2 N–H and O–H groups in total. The lowest BCUT2D eigenvalue weighted by molar-refractivity contribution is 0.127. The first kappa shape index (κ1) is 13.6. The average Bonchev–Trinajstić information content (AvgIpc) is 2.77. The molecule has 0 aliphatic carbocycles. The second-order valence-electron chi connectivity index (χ2n) is 4.55. The zero-order valence-electron chi connectivity index (χ0n) is 10.4. The Kier molecular flexibility index (Phi) is 4.48. The number of rotatable bonds is 4. The third-order valence-corrected chi connectivity index (χ3v) is 5.22. The molecule has 2 rings (SSSR count). The molecule has 0 amide bonds. The average molecular weight is 271 g/mol. The van der Waals surface area contributed by atoms with E-state index in [0.29, 0.717) is 12.4 Å². The summed E-state index contributed by atoms with van der Waals surface area (Å²) in [7, 11) is -0.998. The van der Waals surface area contributed by atoms with Crippen molar-refractivity contribution in [2.75, 3.05) is 6.61 Å². The van der Waals surface area contributed by atoms with Gasteiger partial charge in [-0.25, -0.2) is 4.39 Å². The number of halogens is 1. The highest BCUT2D eigenvalue weighted by Gasteiger charge is 2.29. The quantitative estimate of drug-likeness (QED) is 0.907. The standard InChI is InChI=1S/C13H18FNO2S/c1-9-13(4-5-17-9)18(16)8-10-2-3-12(14)6-11(10)7-15/h2-3,6,9,13H,4-5,7-8,15H2,1H3. The van der Waals surface area contributed by atoms with E-state index in [4.69, 9.17) is 10.5 Å². The van der Waals surface area contributed by atoms with E-state index in [1.807, 2.05) is 6.92 Å². The number of ether oxygens (including phenoxy) is 1. The van der Waals surface area contributed by atoms with E-state index < -0.39 is 10.8 Å². The second-order valence-corrected chi connectivity index (χ2v) is 6.20. The normalized spacial score (nSPS) is 25.3. The molecule has 3 atom stereocenters. The van der Waals surface area contributed by atoms with Crippen LogP contribution in [0.25, 0.3) is 0 Å². The van der Waals surface area contributed by atoms with Crippen molar-refractivity contribution >= 4 is 10.8 Å². The zero-order valence-corrected chi connectivity index (χ0v) is 11.2. The molecule has 18 heavy (non-hydrogen) atoms. The van der Waals surface area contributed by atoms with Gasteiger partial charge in [-0.3, -0.25) is 4.21 Å². The first-order valence-electron chi connectivity index (χ1n) is 6.08. The van der Waals surface area contributed by atoms with Crippen LogP contribution in [0.2, 0.25) is 0 Å². The lowest BCUT2D eigenvalue weighted by Crippen LogP contribution is -2.24. The lowest BCUT2D eigenvalue weighted by Gasteiger charge is -2.15. The second kappa shape index (κ2) is 5.91. The minimum atomic E-state index is -0.998. The summed E-state index contributed by atoms with van der Waals surface area (Å²) in [5.74, 6) is 0.119. The Morgan fingerprint density at radius 1 is 1.50 bits per heavy atom. The van der Waals surface area contributed by atoms with Crippen LogP contribution in [0.1, 0.15) is 24.5 Å². The molecule has 0 spiro atoms. The van der Waals surface area contributed by atoms with E-state index in [1.165, 1.54) is 12.1 Å². The van der Waals surface area contributed by atoms with Gasteiger partial charge in [-0.15, -0.1) is 0 Å². The van der Waals surface area contributed by atoms with Gasteiger partial charge in [-0.2, -0.15) is 0 Å². The van der Waals surface area contributed by atoms with Crippen molar-refractivity contribution < 1.29 is 13.3 Å². The highest BCUT2D eigenvalue weighted by molar-refractivity contribution is 7.84. The molecule has 1 aliphatic heterocycles. The van der Waals surface area contributed by atoms with Gasteiger partial charge in [0.1, 0.15) is 5.82 Å². The molecule has 1 aliphatic rings. The van der Waals surface area contributed by atoms with Gasteiger partial charge in [0.05, 0.1) is 11.4 Å². The van der Waals surface area contributed by atoms with Crippen molar-refractivity contribution in [1.29, 1.82) is 0 Å². The summed E-state index contributed by atoms with van der Waals surface area (Å²) in [6.07, 6.45) is 0.861. The highest BCUT2D eigenvalue weighted by Crippen LogP contribution is 2.22. The van der Waals surface area contributed by atoms with Crippen LogP contribution in [0.5, 0.6) is 0 Å². The Hall–Kier alpha value is -0.780. The maximum Gasteiger partial charge on any atom is 0.123 e. The smallest absolute Gasteiger partial charge is 0.123 e. The summed E-state index contributed by atoms with van der Waals surface area (Å²) in [4.78, 5) is 0. The molecule has 0 aromatic heterocycles. The number of hydrogen-bond acceptors (Lipinski definition) is 3. The molecule has 0 bridgehead atoms. The summed E-state index contributed by atoms with van der Waals surface area (Å²) in [6, 6.07) is 4.48. The largest absolute Gasteiger partial charge is 0.377 e. The van der Waals surface area contributed by atoms with Crippen LogP contribution in [-0.4, -0.2) is 22.2 Å². The van der Waals surface area contributed by atoms with Crippen molar-refractivity contribution in [3.8, 4) is 0 Å². The number of nitrogens with two attached hydrogens (primary N) is 1. The van der Waals surface area contributed by atoms with Crippen molar-refractivity contribution in [3.05, 3.63) is 35.1 Å². The summed E-state index contributed by atoms with van der Waals surface area (Å²) in [5.41, 5.74) is 7.19. The van der Waals surface area contributed by atoms with Gasteiger partial charge in [-0.05, 0) is 36.6 Å². The molecule has 5 heteroatoms. The molecule has 0 radical (unpaired) electrons. The summed E-state index contributed by atoms with van der Waals surface area (Å²) >= 11 is 0. The predicted molar refractivity (Wildman–Crippen MR) is 70.0 cm³/mol. The maximum atomic E-state index is 13.1. The Morgan fingerprint density at radius 2 is 2.28 bits per heavy atom. The lowest BCUT2D eigenvalue weighted by atomic mass is 10.1. The molecule has 1 heterocycles. The number of benzene rings is 1. The van der Waals surface area contributed by atoms with Crippen LogP contribution in [0, 0.1) is 5.82 Å². The van der Waals surface area contributed by atoms with Crippen molar-refractivity contribution in [2.24, 2.45) is 5.73 Å². The van der Waals surface area contributed by atoms with Crippen LogP contribution < -0.4 is 5.73 Å². The summed E-state index contributed by atoms with van der Waals surface area (Å²) in [6.45, 7) is 2.88. The Bertz CT molecular complexity index is 453. The molecule has 100 valence electrons. The summed E-state index contributed by atoms with van der Waals surface area (Å²) in [5, 5.41) is 0.0701. The highest BCUT2D eigenvalue weighted by atomic mass is 32.2. The van der Waals surface area contributed by atoms with Crippen LogP contribution in [0.4, 0.5) is 4.39 Å². The molecule has 0 saturated carbocycles. The van der Waals surface area contributed by atoms with E-state index in [1.54, 1.807) is 6.07 Å². The molecule has 3 unspecified atom stereocenters. The molecule has 1 aromatic rings. The predicted octanol–water partition coefficient (Wildman–Crippen LogP) is 1.71. The third-order valence-electron chi connectivity index (χ3n) is 3.33. The molecular weight excluding hydrogens is 253 g/mol. The monoisotopic (exact) mass is 271 g/mol. The molecule has 1 aromatic carbocycles.